The van der Waals surface area contributed by atoms with Crippen molar-refractivity contribution in [3.63, 3.8) is 0 Å². The van der Waals surface area contributed by atoms with Crippen LogP contribution >= 0.6 is 0 Å². The largest absolute Gasteiger partial charge is 0.370 e. The molecule has 268 valence electrons. The fourth-order valence-electron chi connectivity index (χ4n) is 8.43. The van der Waals surface area contributed by atoms with Gasteiger partial charge >= 0.3 is 0 Å². The summed E-state index contributed by atoms with van der Waals surface area (Å²) in [6.07, 6.45) is 6.61. The van der Waals surface area contributed by atoms with E-state index in [4.69, 9.17) is 4.74 Å². The topological polar surface area (TPSA) is 70.1 Å². The molecule has 0 aliphatic carbocycles. The standard InChI is InChI=1S/C45H54N2O4/c1-6-14-34-21-20-31(26-35(34)15-7-2)24-25-45(50,47-30-38-17-11-13-19-40(38)44(47)49)41(36-23-22-32(8-3)33(9-4)27-36)28-42(51-5)46-29-37-16-10-12-18-39(37)43(46)48/h10-13,16-23,26-27,41-42,50H,6-9,14-15,24-25,28-30H2,1-5H3. The molecule has 6 heteroatoms. The van der Waals surface area contributed by atoms with Crippen molar-refractivity contribution >= 4 is 11.8 Å². The minimum Gasteiger partial charge on any atom is -0.370 e. The van der Waals surface area contributed by atoms with Crippen molar-refractivity contribution in [1.82, 2.24) is 9.80 Å². The second-order valence-electron chi connectivity index (χ2n) is 14.3. The van der Waals surface area contributed by atoms with E-state index in [0.717, 1.165) is 60.8 Å². The number of aryl methyl sites for hydroxylation is 5. The number of hydrogen-bond donors (Lipinski definition) is 1. The van der Waals surface area contributed by atoms with Crippen molar-refractivity contribution in [3.8, 4) is 0 Å². The van der Waals surface area contributed by atoms with Crippen molar-refractivity contribution in [2.75, 3.05) is 7.11 Å². The number of benzene rings is 4. The van der Waals surface area contributed by atoms with E-state index in [1.807, 2.05) is 48.5 Å². The molecule has 0 spiro atoms. The van der Waals surface area contributed by atoms with Crippen molar-refractivity contribution in [2.45, 2.75) is 116 Å². The first-order chi connectivity index (χ1) is 24.8. The molecule has 2 heterocycles. The average Bonchev–Trinajstić information content (AvgIpc) is 3.68. The minimum absolute atomic E-state index is 0.0735. The van der Waals surface area contributed by atoms with Crippen LogP contribution in [0.5, 0.6) is 0 Å². The lowest BCUT2D eigenvalue weighted by molar-refractivity contribution is -0.130. The Morgan fingerprint density at radius 2 is 1.33 bits per heavy atom. The van der Waals surface area contributed by atoms with Crippen molar-refractivity contribution in [3.05, 3.63) is 141 Å². The molecule has 0 saturated carbocycles. The van der Waals surface area contributed by atoms with Gasteiger partial charge in [-0.25, -0.2) is 0 Å². The van der Waals surface area contributed by atoms with Gasteiger partial charge in [-0.05, 0) is 95.2 Å². The van der Waals surface area contributed by atoms with Crippen LogP contribution in [-0.4, -0.2) is 45.8 Å². The fraction of sp³-hybridized carbons (Fsp3) is 0.422. The van der Waals surface area contributed by atoms with Gasteiger partial charge in [-0.3, -0.25) is 9.59 Å². The summed E-state index contributed by atoms with van der Waals surface area (Å²) < 4.78 is 6.17. The number of nitrogens with zero attached hydrogens (tertiary/aromatic N) is 2. The third-order valence-electron chi connectivity index (χ3n) is 11.2. The number of fused-ring (bicyclic) bond motifs is 2. The SMILES string of the molecule is CCCc1ccc(CCC(O)(C(CC(OC)N2Cc3ccccc3C2=O)c2ccc(CC)c(CC)c2)N2Cc3ccccc3C2=O)cc1CCC. The van der Waals surface area contributed by atoms with E-state index >= 15 is 0 Å². The first-order valence-electron chi connectivity index (χ1n) is 19.0. The van der Waals surface area contributed by atoms with Gasteiger partial charge in [0.2, 0.25) is 0 Å². The molecule has 3 atom stereocenters. The summed E-state index contributed by atoms with van der Waals surface area (Å²) in [6.45, 7) is 9.51. The van der Waals surface area contributed by atoms with Gasteiger partial charge in [0.25, 0.3) is 11.8 Å². The molecule has 0 fully saturated rings. The number of ether oxygens (including phenoxy) is 1. The van der Waals surface area contributed by atoms with Gasteiger partial charge in [-0.1, -0.05) is 113 Å². The van der Waals surface area contributed by atoms with Gasteiger partial charge in [0.1, 0.15) is 12.0 Å². The van der Waals surface area contributed by atoms with E-state index in [2.05, 4.69) is 64.1 Å². The molecule has 1 N–H and O–H groups in total. The summed E-state index contributed by atoms with van der Waals surface area (Å²) in [5.74, 6) is -0.791. The van der Waals surface area contributed by atoms with Gasteiger partial charge in [0.05, 0.1) is 0 Å². The Hall–Kier alpha value is -4.26. The summed E-state index contributed by atoms with van der Waals surface area (Å²) in [5, 5.41) is 13.5. The van der Waals surface area contributed by atoms with Gasteiger partial charge in [-0.15, -0.1) is 0 Å². The van der Waals surface area contributed by atoms with Gasteiger partial charge < -0.3 is 19.6 Å². The summed E-state index contributed by atoms with van der Waals surface area (Å²) in [6, 6.07) is 28.7. The Morgan fingerprint density at radius 1 is 0.706 bits per heavy atom. The molecule has 3 unspecified atom stereocenters. The molecule has 4 aromatic carbocycles. The lowest BCUT2D eigenvalue weighted by atomic mass is 9.79. The van der Waals surface area contributed by atoms with Crippen LogP contribution in [-0.2, 0) is 49.9 Å². The lowest BCUT2D eigenvalue weighted by Crippen LogP contribution is -2.55. The third kappa shape index (κ3) is 7.27. The van der Waals surface area contributed by atoms with Crippen LogP contribution in [0.25, 0.3) is 0 Å². The normalized spacial score (nSPS) is 16.3. The third-order valence-corrected chi connectivity index (χ3v) is 11.2. The first-order valence-corrected chi connectivity index (χ1v) is 19.0. The molecule has 6 rings (SSSR count). The average molecular weight is 687 g/mol. The Kier molecular flexibility index (Phi) is 11.4. The van der Waals surface area contributed by atoms with E-state index in [9.17, 15) is 14.7 Å². The van der Waals surface area contributed by atoms with Crippen LogP contribution in [0, 0.1) is 0 Å². The van der Waals surface area contributed by atoms with Crippen LogP contribution in [0.3, 0.4) is 0 Å². The van der Waals surface area contributed by atoms with Crippen LogP contribution < -0.4 is 0 Å². The van der Waals surface area contributed by atoms with Crippen molar-refractivity contribution in [2.24, 2.45) is 0 Å². The molecule has 2 amide bonds. The predicted molar refractivity (Wildman–Crippen MR) is 204 cm³/mol. The molecule has 51 heavy (non-hydrogen) atoms. The summed E-state index contributed by atoms with van der Waals surface area (Å²) in [5.41, 5.74) is 8.99. The van der Waals surface area contributed by atoms with Crippen LogP contribution in [0.2, 0.25) is 0 Å². The molecule has 4 aromatic rings. The number of carbonyl (C=O) groups excluding carboxylic acids is 2. The minimum atomic E-state index is -1.59. The van der Waals surface area contributed by atoms with E-state index in [1.165, 1.54) is 22.3 Å². The number of hydrogen-bond acceptors (Lipinski definition) is 4. The fourth-order valence-corrected chi connectivity index (χ4v) is 8.43. The Balaban J connectivity index is 1.45. The van der Waals surface area contributed by atoms with Crippen LogP contribution in [0.1, 0.15) is 125 Å². The highest BCUT2D eigenvalue weighted by Crippen LogP contribution is 2.44. The van der Waals surface area contributed by atoms with Gasteiger partial charge in [-0.2, -0.15) is 0 Å². The smallest absolute Gasteiger partial charge is 0.256 e. The second-order valence-corrected chi connectivity index (χ2v) is 14.3. The van der Waals surface area contributed by atoms with Gasteiger partial charge in [0.15, 0.2) is 0 Å². The molecule has 2 aliphatic rings. The maximum atomic E-state index is 14.4. The van der Waals surface area contributed by atoms with E-state index in [-0.39, 0.29) is 11.8 Å². The monoisotopic (exact) mass is 686 g/mol. The molecular weight excluding hydrogens is 633 g/mol. The second kappa shape index (κ2) is 16.0. The molecule has 0 bridgehead atoms. The number of aliphatic hydroxyl groups is 1. The van der Waals surface area contributed by atoms with E-state index in [0.29, 0.717) is 43.5 Å². The van der Waals surface area contributed by atoms with Crippen LogP contribution in [0.15, 0.2) is 84.9 Å². The molecule has 0 aromatic heterocycles. The van der Waals surface area contributed by atoms with Crippen molar-refractivity contribution < 1.29 is 19.4 Å². The zero-order valence-corrected chi connectivity index (χ0v) is 31.1. The molecule has 0 saturated heterocycles. The quantitative estimate of drug-likeness (QED) is 0.128. The number of carbonyl (C=O) groups is 2. The number of amides is 2. The zero-order chi connectivity index (χ0) is 36.1. The van der Waals surface area contributed by atoms with Crippen LogP contribution in [0.4, 0.5) is 0 Å². The van der Waals surface area contributed by atoms with Gasteiger partial charge in [0, 0.05) is 43.7 Å². The Morgan fingerprint density at radius 3 is 1.96 bits per heavy atom. The Labute approximate surface area is 304 Å². The number of rotatable bonds is 16. The first kappa shape index (κ1) is 36.5. The maximum Gasteiger partial charge on any atom is 0.256 e. The molecular formula is C45H54N2O4. The highest BCUT2D eigenvalue weighted by atomic mass is 16.5. The maximum absolute atomic E-state index is 14.4. The number of methoxy groups -OCH3 is 1. The molecule has 2 aliphatic heterocycles. The highest BCUT2D eigenvalue weighted by Gasteiger charge is 2.50. The summed E-state index contributed by atoms with van der Waals surface area (Å²) in [4.78, 5) is 31.6. The summed E-state index contributed by atoms with van der Waals surface area (Å²) in [7, 11) is 1.64. The van der Waals surface area contributed by atoms with E-state index < -0.39 is 17.9 Å². The van der Waals surface area contributed by atoms with Crippen molar-refractivity contribution in [1.29, 1.82) is 0 Å². The summed E-state index contributed by atoms with van der Waals surface area (Å²) >= 11 is 0. The Bertz CT molecular complexity index is 1870. The zero-order valence-electron chi connectivity index (χ0n) is 31.1. The molecule has 0 radical (unpaired) electrons. The predicted octanol–water partition coefficient (Wildman–Crippen LogP) is 8.80. The molecule has 6 nitrogen and oxygen atoms in total. The lowest BCUT2D eigenvalue weighted by Gasteiger charge is -2.45. The van der Waals surface area contributed by atoms with E-state index in [1.54, 1.807) is 16.9 Å². The highest BCUT2D eigenvalue weighted by molar-refractivity contribution is 5.99.